The number of phenols is 2. The molecule has 0 aromatic heterocycles. The highest BCUT2D eigenvalue weighted by molar-refractivity contribution is 5.97. The lowest BCUT2D eigenvalue weighted by Crippen LogP contribution is -2.46. The number of benzene rings is 1. The van der Waals surface area contributed by atoms with Gasteiger partial charge in [0.1, 0.15) is 11.5 Å². The summed E-state index contributed by atoms with van der Waals surface area (Å²) in [5, 5.41) is 29.0. The van der Waals surface area contributed by atoms with Gasteiger partial charge < -0.3 is 15.3 Å². The van der Waals surface area contributed by atoms with E-state index in [0.717, 1.165) is 26.2 Å². The van der Waals surface area contributed by atoms with Crippen LogP contribution in [0.5, 0.6) is 11.5 Å². The molecule has 1 aliphatic rings. The van der Waals surface area contributed by atoms with Crippen molar-refractivity contribution in [2.75, 3.05) is 39.3 Å². The van der Waals surface area contributed by atoms with Gasteiger partial charge in [-0.05, 0) is 19.1 Å². The zero-order valence-electron chi connectivity index (χ0n) is 12.2. The van der Waals surface area contributed by atoms with E-state index in [1.165, 1.54) is 19.1 Å². The minimum Gasteiger partial charge on any atom is -0.507 e. The SMILES string of the molecule is CC(=O)c1ccc(O)c(CN2CCN(CCO)CC2)c1O. The molecule has 2 rings (SSSR count). The van der Waals surface area contributed by atoms with Gasteiger partial charge in [0.15, 0.2) is 5.78 Å². The zero-order chi connectivity index (χ0) is 15.4. The second-order valence-corrected chi connectivity index (χ2v) is 5.36. The molecule has 116 valence electrons. The van der Waals surface area contributed by atoms with Crippen LogP contribution in [-0.4, -0.2) is 70.2 Å². The fourth-order valence-electron chi connectivity index (χ4n) is 2.60. The Hall–Kier alpha value is -1.63. The number of phenolic OH excluding ortho intramolecular Hbond substituents is 2. The number of aliphatic hydroxyl groups is 1. The number of piperazine rings is 1. The molecule has 1 aromatic rings. The summed E-state index contributed by atoms with van der Waals surface area (Å²) in [5.41, 5.74) is 0.639. The Morgan fingerprint density at radius 1 is 1.14 bits per heavy atom. The topological polar surface area (TPSA) is 84.2 Å². The minimum absolute atomic E-state index is 0.00953. The van der Waals surface area contributed by atoms with Crippen molar-refractivity contribution in [3.63, 3.8) is 0 Å². The number of carbonyl (C=O) groups is 1. The van der Waals surface area contributed by atoms with Gasteiger partial charge in [-0.25, -0.2) is 0 Å². The van der Waals surface area contributed by atoms with Gasteiger partial charge in [-0.15, -0.1) is 0 Å². The van der Waals surface area contributed by atoms with Gasteiger partial charge in [-0.3, -0.25) is 14.6 Å². The lowest BCUT2D eigenvalue weighted by atomic mass is 10.0. The molecular weight excluding hydrogens is 272 g/mol. The van der Waals surface area contributed by atoms with E-state index in [4.69, 9.17) is 5.11 Å². The quantitative estimate of drug-likeness (QED) is 0.682. The molecule has 21 heavy (non-hydrogen) atoms. The molecule has 6 heteroatoms. The van der Waals surface area contributed by atoms with Crippen LogP contribution in [0.2, 0.25) is 0 Å². The van der Waals surface area contributed by atoms with Crippen LogP contribution in [0.15, 0.2) is 12.1 Å². The first-order valence-electron chi connectivity index (χ1n) is 7.13. The Labute approximate surface area is 124 Å². The molecule has 0 spiro atoms. The normalized spacial score (nSPS) is 17.0. The number of carbonyl (C=O) groups excluding carboxylic acids is 1. The summed E-state index contributed by atoms with van der Waals surface area (Å²) in [6, 6.07) is 2.89. The summed E-state index contributed by atoms with van der Waals surface area (Å²) in [6.07, 6.45) is 0. The standard InChI is InChI=1S/C15H22N2O4/c1-11(19)12-2-3-14(20)13(15(12)21)10-17-6-4-16(5-7-17)8-9-18/h2-3,18,20-21H,4-10H2,1H3. The molecule has 1 heterocycles. The smallest absolute Gasteiger partial charge is 0.163 e. The van der Waals surface area contributed by atoms with Gasteiger partial charge in [0.05, 0.1) is 17.7 Å². The fourth-order valence-corrected chi connectivity index (χ4v) is 2.60. The highest BCUT2D eigenvalue weighted by Gasteiger charge is 2.21. The van der Waals surface area contributed by atoms with E-state index >= 15 is 0 Å². The van der Waals surface area contributed by atoms with Gasteiger partial charge in [-0.1, -0.05) is 0 Å². The van der Waals surface area contributed by atoms with Crippen LogP contribution < -0.4 is 0 Å². The summed E-state index contributed by atoms with van der Waals surface area (Å²) in [7, 11) is 0. The molecule has 1 saturated heterocycles. The van der Waals surface area contributed by atoms with Crippen LogP contribution >= 0.6 is 0 Å². The van der Waals surface area contributed by atoms with E-state index in [1.54, 1.807) is 0 Å². The Morgan fingerprint density at radius 2 is 1.76 bits per heavy atom. The lowest BCUT2D eigenvalue weighted by molar-refractivity contribution is 0.101. The zero-order valence-corrected chi connectivity index (χ0v) is 12.2. The van der Waals surface area contributed by atoms with Gasteiger partial charge in [-0.2, -0.15) is 0 Å². The highest BCUT2D eigenvalue weighted by atomic mass is 16.3. The van der Waals surface area contributed by atoms with Crippen LogP contribution in [0.25, 0.3) is 0 Å². The summed E-state index contributed by atoms with van der Waals surface area (Å²) in [5.74, 6) is -0.336. The third kappa shape index (κ3) is 3.72. The lowest BCUT2D eigenvalue weighted by Gasteiger charge is -2.34. The monoisotopic (exact) mass is 294 g/mol. The van der Waals surface area contributed by atoms with Crippen molar-refractivity contribution in [1.82, 2.24) is 9.80 Å². The molecule has 3 N–H and O–H groups in total. The molecule has 0 unspecified atom stereocenters. The molecule has 0 radical (unpaired) electrons. The predicted molar refractivity (Wildman–Crippen MR) is 78.6 cm³/mol. The van der Waals surface area contributed by atoms with Crippen LogP contribution in [0.3, 0.4) is 0 Å². The first-order valence-corrected chi connectivity index (χ1v) is 7.13. The molecule has 1 aliphatic heterocycles. The predicted octanol–water partition coefficient (Wildman–Crippen LogP) is 0.410. The van der Waals surface area contributed by atoms with Crippen LogP contribution in [0, 0.1) is 0 Å². The van der Waals surface area contributed by atoms with E-state index in [2.05, 4.69) is 9.80 Å². The molecule has 0 bridgehead atoms. The molecule has 0 aliphatic carbocycles. The van der Waals surface area contributed by atoms with Crippen LogP contribution in [0.4, 0.5) is 0 Å². The molecule has 6 nitrogen and oxygen atoms in total. The number of rotatable bonds is 5. The minimum atomic E-state index is -0.221. The Morgan fingerprint density at radius 3 is 2.33 bits per heavy atom. The summed E-state index contributed by atoms with van der Waals surface area (Å²) in [4.78, 5) is 15.7. The second kappa shape index (κ2) is 6.89. The summed E-state index contributed by atoms with van der Waals surface area (Å²) < 4.78 is 0. The van der Waals surface area contributed by atoms with Crippen molar-refractivity contribution in [1.29, 1.82) is 0 Å². The van der Waals surface area contributed by atoms with Crippen molar-refractivity contribution < 1.29 is 20.1 Å². The first-order chi connectivity index (χ1) is 10.0. The van der Waals surface area contributed by atoms with Crippen molar-refractivity contribution in [3.05, 3.63) is 23.3 Å². The van der Waals surface area contributed by atoms with E-state index in [1.807, 2.05) is 0 Å². The number of β-amino-alcohol motifs (C(OH)–C–C–N with tert-alkyl or cyclic N) is 1. The summed E-state index contributed by atoms with van der Waals surface area (Å²) >= 11 is 0. The van der Waals surface area contributed by atoms with E-state index in [9.17, 15) is 15.0 Å². The Bertz CT molecular complexity index is 511. The second-order valence-electron chi connectivity index (χ2n) is 5.36. The van der Waals surface area contributed by atoms with Crippen molar-refractivity contribution >= 4 is 5.78 Å². The Kier molecular flexibility index (Phi) is 5.17. The maximum absolute atomic E-state index is 11.5. The van der Waals surface area contributed by atoms with Gasteiger partial charge in [0.25, 0.3) is 0 Å². The van der Waals surface area contributed by atoms with Crippen molar-refractivity contribution in [3.8, 4) is 11.5 Å². The summed E-state index contributed by atoms with van der Waals surface area (Å²) in [6.45, 7) is 5.90. The molecule has 0 atom stereocenters. The van der Waals surface area contributed by atoms with Crippen LogP contribution in [-0.2, 0) is 6.54 Å². The van der Waals surface area contributed by atoms with Crippen LogP contribution in [0.1, 0.15) is 22.8 Å². The maximum atomic E-state index is 11.5. The number of aromatic hydroxyl groups is 2. The highest BCUT2D eigenvalue weighted by Crippen LogP contribution is 2.32. The number of nitrogens with zero attached hydrogens (tertiary/aromatic N) is 2. The average molecular weight is 294 g/mol. The number of hydrogen-bond donors (Lipinski definition) is 3. The number of Topliss-reactive ketones (excluding diaryl/α,β-unsaturated/α-hetero) is 1. The van der Waals surface area contributed by atoms with E-state index < -0.39 is 0 Å². The van der Waals surface area contributed by atoms with Crippen molar-refractivity contribution in [2.45, 2.75) is 13.5 Å². The van der Waals surface area contributed by atoms with E-state index in [-0.39, 0.29) is 29.5 Å². The van der Waals surface area contributed by atoms with Crippen molar-refractivity contribution in [2.24, 2.45) is 0 Å². The molecule has 1 aromatic carbocycles. The number of ketones is 1. The Balaban J connectivity index is 2.07. The van der Waals surface area contributed by atoms with Gasteiger partial charge in [0, 0.05) is 39.3 Å². The number of hydrogen-bond acceptors (Lipinski definition) is 6. The van der Waals surface area contributed by atoms with Gasteiger partial charge in [0.2, 0.25) is 0 Å². The molecule has 0 amide bonds. The third-order valence-electron chi connectivity index (χ3n) is 3.90. The molecule has 1 fully saturated rings. The largest absolute Gasteiger partial charge is 0.507 e. The van der Waals surface area contributed by atoms with Gasteiger partial charge >= 0.3 is 0 Å². The average Bonchev–Trinajstić information content (AvgIpc) is 2.45. The van der Waals surface area contributed by atoms with E-state index in [0.29, 0.717) is 18.7 Å². The molecule has 0 saturated carbocycles. The first kappa shape index (κ1) is 15.8. The molecular formula is C15H22N2O4. The fraction of sp³-hybridized carbons (Fsp3) is 0.533. The number of aliphatic hydroxyl groups excluding tert-OH is 1. The third-order valence-corrected chi connectivity index (χ3v) is 3.90. The maximum Gasteiger partial charge on any atom is 0.163 e.